The molecule has 0 aromatic heterocycles. The number of piperidine rings is 1. The molecule has 1 heterocycles. The van der Waals surface area contributed by atoms with Gasteiger partial charge in [0.15, 0.2) is 0 Å². The van der Waals surface area contributed by atoms with E-state index in [0.29, 0.717) is 0 Å². The summed E-state index contributed by atoms with van der Waals surface area (Å²) in [6.45, 7) is 4.60. The van der Waals surface area contributed by atoms with Gasteiger partial charge in [-0.3, -0.25) is 0 Å². The number of nitrogens with one attached hydrogen (secondary N) is 1. The second-order valence-corrected chi connectivity index (χ2v) is 5.78. The van der Waals surface area contributed by atoms with Gasteiger partial charge in [0.25, 0.3) is 0 Å². The zero-order valence-electron chi connectivity index (χ0n) is 11.6. The fourth-order valence-electron chi connectivity index (χ4n) is 2.55. The highest BCUT2D eigenvalue weighted by atomic mass is 35.5. The number of hydrogen-bond donors (Lipinski definition) is 1. The second-order valence-electron chi connectivity index (χ2n) is 5.35. The van der Waals surface area contributed by atoms with Crippen LogP contribution >= 0.6 is 24.0 Å². The molecule has 1 aliphatic rings. The van der Waals surface area contributed by atoms with Gasteiger partial charge in [0.1, 0.15) is 0 Å². The minimum atomic E-state index is 0. The van der Waals surface area contributed by atoms with Crippen LogP contribution in [0.4, 0.5) is 0 Å². The summed E-state index contributed by atoms with van der Waals surface area (Å²) in [4.78, 5) is 2.41. The van der Waals surface area contributed by atoms with Crippen molar-refractivity contribution in [2.24, 2.45) is 5.92 Å². The molecule has 4 heteroatoms. The number of halogens is 2. The van der Waals surface area contributed by atoms with Crippen LogP contribution < -0.4 is 5.32 Å². The first-order valence-corrected chi connectivity index (χ1v) is 7.25. The van der Waals surface area contributed by atoms with E-state index in [0.717, 1.165) is 17.5 Å². The van der Waals surface area contributed by atoms with Crippen LogP contribution in [0.5, 0.6) is 0 Å². The van der Waals surface area contributed by atoms with Crippen LogP contribution in [0, 0.1) is 5.92 Å². The minimum Gasteiger partial charge on any atom is -0.317 e. The minimum absolute atomic E-state index is 0. The first-order chi connectivity index (χ1) is 8.74. The molecule has 1 saturated heterocycles. The number of hydrogen-bond acceptors (Lipinski definition) is 2. The Morgan fingerprint density at radius 1 is 1.21 bits per heavy atom. The predicted octanol–water partition coefficient (Wildman–Crippen LogP) is 3.58. The third kappa shape index (κ3) is 6.13. The Morgan fingerprint density at radius 2 is 1.84 bits per heavy atom. The van der Waals surface area contributed by atoms with E-state index < -0.39 is 0 Å². The molecule has 0 aliphatic carbocycles. The van der Waals surface area contributed by atoms with E-state index in [1.807, 2.05) is 12.1 Å². The van der Waals surface area contributed by atoms with Gasteiger partial charge in [-0.05, 0) is 69.6 Å². The SMILES string of the molecule is CN(CCC1CCNCC1)Cc1ccc(Cl)cc1.Cl. The lowest BCUT2D eigenvalue weighted by molar-refractivity contribution is 0.266. The average Bonchev–Trinajstić information content (AvgIpc) is 2.40. The van der Waals surface area contributed by atoms with Gasteiger partial charge >= 0.3 is 0 Å². The van der Waals surface area contributed by atoms with Gasteiger partial charge in [0.05, 0.1) is 0 Å². The van der Waals surface area contributed by atoms with E-state index in [1.165, 1.54) is 44.5 Å². The third-order valence-electron chi connectivity index (χ3n) is 3.74. The molecule has 0 bridgehead atoms. The van der Waals surface area contributed by atoms with Crippen molar-refractivity contribution < 1.29 is 0 Å². The molecule has 0 atom stereocenters. The molecule has 1 aromatic rings. The maximum atomic E-state index is 5.89. The molecule has 0 saturated carbocycles. The predicted molar refractivity (Wildman–Crippen MR) is 85.2 cm³/mol. The van der Waals surface area contributed by atoms with E-state index in [9.17, 15) is 0 Å². The summed E-state index contributed by atoms with van der Waals surface area (Å²) in [7, 11) is 2.20. The van der Waals surface area contributed by atoms with Crippen LogP contribution in [0.1, 0.15) is 24.8 Å². The smallest absolute Gasteiger partial charge is 0.0406 e. The maximum absolute atomic E-state index is 5.89. The van der Waals surface area contributed by atoms with Crippen LogP contribution in [0.15, 0.2) is 24.3 Å². The molecule has 108 valence electrons. The Morgan fingerprint density at radius 3 is 2.47 bits per heavy atom. The number of rotatable bonds is 5. The fraction of sp³-hybridized carbons (Fsp3) is 0.600. The molecule has 1 aliphatic heterocycles. The van der Waals surface area contributed by atoms with Gasteiger partial charge in [-0.15, -0.1) is 12.4 Å². The Kier molecular flexibility index (Phi) is 7.77. The van der Waals surface area contributed by atoms with Crippen molar-refractivity contribution in [3.63, 3.8) is 0 Å². The first kappa shape index (κ1) is 16.8. The molecule has 0 spiro atoms. The third-order valence-corrected chi connectivity index (χ3v) is 4.00. The van der Waals surface area contributed by atoms with E-state index in [1.54, 1.807) is 0 Å². The molecule has 1 N–H and O–H groups in total. The van der Waals surface area contributed by atoms with E-state index in [4.69, 9.17) is 11.6 Å². The summed E-state index contributed by atoms with van der Waals surface area (Å²) in [5, 5.41) is 4.24. The van der Waals surface area contributed by atoms with Gasteiger partial charge in [-0.2, -0.15) is 0 Å². The van der Waals surface area contributed by atoms with E-state index in [2.05, 4.69) is 29.4 Å². The van der Waals surface area contributed by atoms with Gasteiger partial charge in [0, 0.05) is 11.6 Å². The maximum Gasteiger partial charge on any atom is 0.0406 e. The van der Waals surface area contributed by atoms with Crippen molar-refractivity contribution in [3.05, 3.63) is 34.9 Å². The lowest BCUT2D eigenvalue weighted by atomic mass is 9.94. The highest BCUT2D eigenvalue weighted by Gasteiger charge is 2.13. The van der Waals surface area contributed by atoms with Crippen LogP contribution in [0.2, 0.25) is 5.02 Å². The van der Waals surface area contributed by atoms with Crippen molar-refractivity contribution in [2.75, 3.05) is 26.7 Å². The second kappa shape index (κ2) is 8.80. The van der Waals surface area contributed by atoms with Gasteiger partial charge in [0.2, 0.25) is 0 Å². The fourth-order valence-corrected chi connectivity index (χ4v) is 2.68. The van der Waals surface area contributed by atoms with E-state index >= 15 is 0 Å². The molecule has 19 heavy (non-hydrogen) atoms. The normalized spacial score (nSPS) is 16.4. The Labute approximate surface area is 127 Å². The van der Waals surface area contributed by atoms with Gasteiger partial charge < -0.3 is 10.2 Å². The zero-order valence-corrected chi connectivity index (χ0v) is 13.1. The van der Waals surface area contributed by atoms with Crippen molar-refractivity contribution in [1.29, 1.82) is 0 Å². The molecule has 0 radical (unpaired) electrons. The first-order valence-electron chi connectivity index (χ1n) is 6.88. The van der Waals surface area contributed by atoms with Crippen LogP contribution in [-0.4, -0.2) is 31.6 Å². The van der Waals surface area contributed by atoms with Crippen LogP contribution in [0.25, 0.3) is 0 Å². The summed E-state index contributed by atoms with van der Waals surface area (Å²) in [6.07, 6.45) is 4.01. The topological polar surface area (TPSA) is 15.3 Å². The quantitative estimate of drug-likeness (QED) is 0.894. The van der Waals surface area contributed by atoms with E-state index in [-0.39, 0.29) is 12.4 Å². The van der Waals surface area contributed by atoms with Crippen LogP contribution in [0.3, 0.4) is 0 Å². The number of benzene rings is 1. The Hall–Kier alpha value is -0.280. The van der Waals surface area contributed by atoms with Crippen LogP contribution in [-0.2, 0) is 6.54 Å². The van der Waals surface area contributed by atoms with Crippen molar-refractivity contribution >= 4 is 24.0 Å². The van der Waals surface area contributed by atoms with Crippen molar-refractivity contribution in [3.8, 4) is 0 Å². The highest BCUT2D eigenvalue weighted by molar-refractivity contribution is 6.30. The summed E-state index contributed by atoms with van der Waals surface area (Å²) in [5.74, 6) is 0.916. The monoisotopic (exact) mass is 302 g/mol. The molecule has 1 fully saturated rings. The molecule has 0 unspecified atom stereocenters. The molecule has 2 nitrogen and oxygen atoms in total. The summed E-state index contributed by atoms with van der Waals surface area (Å²) in [5.41, 5.74) is 1.34. The number of nitrogens with zero attached hydrogens (tertiary/aromatic N) is 1. The van der Waals surface area contributed by atoms with Crippen molar-refractivity contribution in [1.82, 2.24) is 10.2 Å². The Bertz CT molecular complexity index is 348. The molecule has 1 aromatic carbocycles. The summed E-state index contributed by atoms with van der Waals surface area (Å²) < 4.78 is 0. The summed E-state index contributed by atoms with van der Waals surface area (Å²) in [6, 6.07) is 8.17. The molecule has 0 amide bonds. The standard InChI is InChI=1S/C15H23ClN2.ClH/c1-18(11-8-13-6-9-17-10-7-13)12-14-2-4-15(16)5-3-14;/h2-5,13,17H,6-12H2,1H3;1H. The lowest BCUT2D eigenvalue weighted by Gasteiger charge is -2.25. The zero-order chi connectivity index (χ0) is 12.8. The summed E-state index contributed by atoms with van der Waals surface area (Å²) >= 11 is 5.89. The van der Waals surface area contributed by atoms with Gasteiger partial charge in [-0.25, -0.2) is 0 Å². The molecular weight excluding hydrogens is 279 g/mol. The average molecular weight is 303 g/mol. The lowest BCUT2D eigenvalue weighted by Crippen LogP contribution is -2.30. The highest BCUT2D eigenvalue weighted by Crippen LogP contribution is 2.17. The molecular formula is C15H24Cl2N2. The van der Waals surface area contributed by atoms with Crippen molar-refractivity contribution in [2.45, 2.75) is 25.8 Å². The molecule has 2 rings (SSSR count). The largest absolute Gasteiger partial charge is 0.317 e. The van der Waals surface area contributed by atoms with Gasteiger partial charge in [-0.1, -0.05) is 23.7 Å². The Balaban J connectivity index is 0.00000180.